The number of carbonyl (C=O) groups is 1. The molecule has 0 radical (unpaired) electrons. The van der Waals surface area contributed by atoms with Crippen LogP contribution in [0.1, 0.15) is 44.2 Å². The average Bonchev–Trinajstić information content (AvgIpc) is 3.33. The van der Waals surface area contributed by atoms with Gasteiger partial charge >= 0.3 is 6.03 Å². The summed E-state index contributed by atoms with van der Waals surface area (Å²) in [5.74, 6) is 0.167. The molecule has 7 nitrogen and oxygen atoms in total. The number of hydrogen-bond acceptors (Lipinski definition) is 6. The van der Waals surface area contributed by atoms with Crippen molar-refractivity contribution in [3.63, 3.8) is 0 Å². The third kappa shape index (κ3) is 4.65. The Morgan fingerprint density at radius 1 is 1.24 bits per heavy atom. The molecular weight excluding hydrogens is 455 g/mol. The lowest BCUT2D eigenvalue weighted by atomic mass is 9.94. The SMILES string of the molecule is CCCCN1C(=O)NC(c2ccc(SC)cc2)C(c2nc(-c3ccc(OC)c(F)c3)no2)=C1C. The van der Waals surface area contributed by atoms with Gasteiger partial charge < -0.3 is 14.6 Å². The highest BCUT2D eigenvalue weighted by atomic mass is 32.2. The summed E-state index contributed by atoms with van der Waals surface area (Å²) in [4.78, 5) is 20.4. The third-order valence-corrected chi connectivity index (χ3v) is 6.59. The van der Waals surface area contributed by atoms with Crippen molar-refractivity contribution in [1.29, 1.82) is 0 Å². The number of aromatic nitrogens is 2. The van der Waals surface area contributed by atoms with Gasteiger partial charge in [-0.15, -0.1) is 11.8 Å². The maximum Gasteiger partial charge on any atom is 0.322 e. The number of amides is 2. The summed E-state index contributed by atoms with van der Waals surface area (Å²) in [6.45, 7) is 4.56. The standard InChI is InChI=1S/C25H27FN4O3S/c1-5-6-13-30-15(2)21(22(27-25(30)31)16-7-10-18(34-4)11-8-16)24-28-23(29-33-24)17-9-12-20(32-3)19(26)14-17/h7-12,14,22H,5-6,13H2,1-4H3,(H,27,31). The van der Waals surface area contributed by atoms with Crippen LogP contribution in [0.3, 0.4) is 0 Å². The van der Waals surface area contributed by atoms with Crippen LogP contribution in [-0.2, 0) is 0 Å². The van der Waals surface area contributed by atoms with Gasteiger partial charge in [-0.25, -0.2) is 9.18 Å². The second kappa shape index (κ2) is 10.3. The van der Waals surface area contributed by atoms with E-state index in [9.17, 15) is 9.18 Å². The molecule has 0 saturated heterocycles. The molecule has 1 atom stereocenters. The monoisotopic (exact) mass is 482 g/mol. The first-order valence-electron chi connectivity index (χ1n) is 11.1. The number of ether oxygens (including phenoxy) is 1. The molecule has 0 spiro atoms. The maximum atomic E-state index is 14.2. The molecule has 1 aliphatic heterocycles. The zero-order chi connectivity index (χ0) is 24.2. The second-order valence-corrected chi connectivity index (χ2v) is 8.81. The van der Waals surface area contributed by atoms with Crippen molar-refractivity contribution in [3.8, 4) is 17.1 Å². The van der Waals surface area contributed by atoms with Gasteiger partial charge in [0.15, 0.2) is 11.6 Å². The Kier molecular flexibility index (Phi) is 7.21. The van der Waals surface area contributed by atoms with Crippen molar-refractivity contribution < 1.29 is 18.4 Å². The van der Waals surface area contributed by atoms with E-state index in [1.165, 1.54) is 19.2 Å². The molecule has 2 amide bonds. The lowest BCUT2D eigenvalue weighted by Gasteiger charge is -2.35. The maximum absolute atomic E-state index is 14.2. The molecule has 0 saturated carbocycles. The number of nitrogens with one attached hydrogen (secondary N) is 1. The van der Waals surface area contributed by atoms with Gasteiger partial charge in [0.1, 0.15) is 0 Å². The Hall–Kier alpha value is -3.33. The van der Waals surface area contributed by atoms with Gasteiger partial charge in [0.05, 0.1) is 18.7 Å². The molecule has 1 aromatic heterocycles. The summed E-state index contributed by atoms with van der Waals surface area (Å²) in [5, 5.41) is 7.19. The smallest absolute Gasteiger partial charge is 0.322 e. The molecule has 2 heterocycles. The first kappa shape index (κ1) is 23.8. The summed E-state index contributed by atoms with van der Waals surface area (Å²) >= 11 is 1.65. The molecule has 1 N–H and O–H groups in total. The van der Waals surface area contributed by atoms with Crippen LogP contribution in [-0.4, -0.2) is 41.0 Å². The van der Waals surface area contributed by atoms with Gasteiger partial charge in [0, 0.05) is 22.7 Å². The summed E-state index contributed by atoms with van der Waals surface area (Å²) in [5.41, 5.74) is 2.86. The van der Waals surface area contributed by atoms with Crippen LogP contribution in [0, 0.1) is 5.82 Å². The normalized spacial score (nSPS) is 16.1. The van der Waals surface area contributed by atoms with Crippen LogP contribution in [0.25, 0.3) is 17.0 Å². The molecule has 1 aliphatic rings. The molecule has 0 aliphatic carbocycles. The minimum atomic E-state index is -0.510. The Labute approximate surface area is 202 Å². The third-order valence-electron chi connectivity index (χ3n) is 5.85. The average molecular weight is 483 g/mol. The van der Waals surface area contributed by atoms with Crippen LogP contribution >= 0.6 is 11.8 Å². The van der Waals surface area contributed by atoms with Crippen LogP contribution in [0.5, 0.6) is 5.75 Å². The van der Waals surface area contributed by atoms with E-state index in [1.807, 2.05) is 37.4 Å². The number of nitrogens with zero attached hydrogens (tertiary/aromatic N) is 3. The number of hydrogen-bond donors (Lipinski definition) is 1. The molecule has 2 aromatic carbocycles. The van der Waals surface area contributed by atoms with Crippen LogP contribution in [0.4, 0.5) is 9.18 Å². The molecule has 34 heavy (non-hydrogen) atoms. The number of halogens is 1. The van der Waals surface area contributed by atoms with E-state index in [0.717, 1.165) is 34.6 Å². The van der Waals surface area contributed by atoms with Gasteiger partial charge in [-0.3, -0.25) is 4.90 Å². The van der Waals surface area contributed by atoms with Gasteiger partial charge in [-0.05, 0) is 55.5 Å². The number of urea groups is 1. The highest BCUT2D eigenvalue weighted by molar-refractivity contribution is 7.98. The number of rotatable bonds is 8. The second-order valence-electron chi connectivity index (χ2n) is 7.93. The Morgan fingerprint density at radius 2 is 2.00 bits per heavy atom. The van der Waals surface area contributed by atoms with Crippen molar-refractivity contribution in [2.24, 2.45) is 0 Å². The van der Waals surface area contributed by atoms with Gasteiger partial charge in [-0.2, -0.15) is 4.98 Å². The quantitative estimate of drug-likeness (QED) is 0.403. The first-order valence-corrected chi connectivity index (χ1v) is 12.3. The number of unbranched alkanes of at least 4 members (excludes halogenated alkanes) is 1. The van der Waals surface area contributed by atoms with Crippen molar-refractivity contribution in [3.05, 3.63) is 65.4 Å². The summed E-state index contributed by atoms with van der Waals surface area (Å²) in [6.07, 6.45) is 3.84. The predicted molar refractivity (Wildman–Crippen MR) is 130 cm³/mol. The van der Waals surface area contributed by atoms with Gasteiger partial charge in [0.2, 0.25) is 5.82 Å². The van der Waals surface area contributed by atoms with E-state index < -0.39 is 11.9 Å². The Balaban J connectivity index is 1.77. The number of methoxy groups -OCH3 is 1. The fraction of sp³-hybridized carbons (Fsp3) is 0.320. The van der Waals surface area contributed by atoms with Crippen molar-refractivity contribution >= 4 is 23.4 Å². The number of thioether (sulfide) groups is 1. The zero-order valence-corrected chi connectivity index (χ0v) is 20.4. The highest BCUT2D eigenvalue weighted by Gasteiger charge is 2.35. The fourth-order valence-electron chi connectivity index (χ4n) is 3.95. The minimum absolute atomic E-state index is 0.140. The molecule has 9 heteroatoms. The Bertz CT molecular complexity index is 1210. The molecule has 0 fully saturated rings. The van der Waals surface area contributed by atoms with Gasteiger partial charge in [-0.1, -0.05) is 30.6 Å². The van der Waals surface area contributed by atoms with Crippen molar-refractivity contribution in [1.82, 2.24) is 20.4 Å². The molecule has 178 valence electrons. The van der Waals surface area contributed by atoms with Crippen molar-refractivity contribution in [2.45, 2.75) is 37.6 Å². The van der Waals surface area contributed by atoms with Crippen LogP contribution in [0.2, 0.25) is 0 Å². The highest BCUT2D eigenvalue weighted by Crippen LogP contribution is 2.38. The number of benzene rings is 2. The molecule has 4 rings (SSSR count). The lowest BCUT2D eigenvalue weighted by Crippen LogP contribution is -2.46. The van der Waals surface area contributed by atoms with E-state index in [0.29, 0.717) is 12.1 Å². The number of allylic oxidation sites excluding steroid dienone is 1. The van der Waals surface area contributed by atoms with E-state index in [-0.39, 0.29) is 23.5 Å². The molecule has 3 aromatic rings. The van der Waals surface area contributed by atoms with E-state index in [1.54, 1.807) is 22.7 Å². The van der Waals surface area contributed by atoms with Crippen molar-refractivity contribution in [2.75, 3.05) is 19.9 Å². The number of carbonyl (C=O) groups excluding carboxylic acids is 1. The lowest BCUT2D eigenvalue weighted by molar-refractivity contribution is 0.204. The first-order chi connectivity index (χ1) is 16.5. The van der Waals surface area contributed by atoms with Crippen LogP contribution < -0.4 is 10.1 Å². The van der Waals surface area contributed by atoms with Gasteiger partial charge in [0.25, 0.3) is 5.89 Å². The molecule has 0 bridgehead atoms. The molecular formula is C25H27FN4O3S. The Morgan fingerprint density at radius 3 is 2.65 bits per heavy atom. The molecule has 1 unspecified atom stereocenters. The van der Waals surface area contributed by atoms with E-state index >= 15 is 0 Å². The summed E-state index contributed by atoms with van der Waals surface area (Å²) in [6, 6.07) is 11.9. The largest absolute Gasteiger partial charge is 0.494 e. The van der Waals surface area contributed by atoms with E-state index in [2.05, 4.69) is 22.4 Å². The predicted octanol–water partition coefficient (Wildman–Crippen LogP) is 5.90. The van der Waals surface area contributed by atoms with Crippen LogP contribution in [0.15, 0.2) is 57.6 Å². The topological polar surface area (TPSA) is 80.5 Å². The zero-order valence-electron chi connectivity index (χ0n) is 19.6. The fourth-order valence-corrected chi connectivity index (χ4v) is 4.35. The minimum Gasteiger partial charge on any atom is -0.494 e. The summed E-state index contributed by atoms with van der Waals surface area (Å²) in [7, 11) is 1.41. The summed E-state index contributed by atoms with van der Waals surface area (Å²) < 4.78 is 24.9. The van der Waals surface area contributed by atoms with E-state index in [4.69, 9.17) is 9.26 Å².